The Kier molecular flexibility index (Phi) is 4.40. The number of thioether (sulfide) groups is 1. The number of nitrogens with two attached hydrogens (primary N) is 1. The first-order valence-corrected chi connectivity index (χ1v) is 6.73. The lowest BCUT2D eigenvalue weighted by Gasteiger charge is -2.03. The van der Waals surface area contributed by atoms with E-state index in [0.29, 0.717) is 17.4 Å². The fourth-order valence-electron chi connectivity index (χ4n) is 1.60. The first kappa shape index (κ1) is 13.4. The maximum absolute atomic E-state index is 10.5. The summed E-state index contributed by atoms with van der Waals surface area (Å²) in [6.45, 7) is 0. The van der Waals surface area contributed by atoms with Gasteiger partial charge in [0, 0.05) is 6.42 Å². The zero-order valence-corrected chi connectivity index (χ0v) is 11.0. The molecule has 100 valence electrons. The lowest BCUT2D eigenvalue weighted by atomic mass is 10.1. The molecule has 0 spiro atoms. The standard InChI is InChI=1S/C12H14N4O2S/c13-16-10(7-6-9-4-2-1-3-5-9)14-15-12(16)19-8-11(17)18/h1-5H,6-8,13H2,(H,17,18). The second-order valence-electron chi connectivity index (χ2n) is 3.94. The topological polar surface area (TPSA) is 94.0 Å². The summed E-state index contributed by atoms with van der Waals surface area (Å²) in [5, 5.41) is 16.9. The summed E-state index contributed by atoms with van der Waals surface area (Å²) in [5.74, 6) is 5.50. The normalized spacial score (nSPS) is 10.5. The molecule has 0 bridgehead atoms. The van der Waals surface area contributed by atoms with E-state index >= 15 is 0 Å². The summed E-state index contributed by atoms with van der Waals surface area (Å²) in [7, 11) is 0. The van der Waals surface area contributed by atoms with Crippen LogP contribution in [0.3, 0.4) is 0 Å². The van der Waals surface area contributed by atoms with Crippen molar-refractivity contribution < 1.29 is 9.90 Å². The van der Waals surface area contributed by atoms with Crippen LogP contribution in [0.25, 0.3) is 0 Å². The van der Waals surface area contributed by atoms with Gasteiger partial charge in [-0.25, -0.2) is 4.68 Å². The summed E-state index contributed by atoms with van der Waals surface area (Å²) < 4.78 is 1.36. The highest BCUT2D eigenvalue weighted by molar-refractivity contribution is 7.99. The number of aromatic nitrogens is 3. The van der Waals surface area contributed by atoms with E-state index in [0.717, 1.165) is 18.2 Å². The van der Waals surface area contributed by atoms with Crippen LogP contribution >= 0.6 is 11.8 Å². The van der Waals surface area contributed by atoms with Gasteiger partial charge in [-0.1, -0.05) is 42.1 Å². The van der Waals surface area contributed by atoms with Crippen molar-refractivity contribution in [3.8, 4) is 0 Å². The molecule has 0 unspecified atom stereocenters. The van der Waals surface area contributed by atoms with Gasteiger partial charge in [-0.3, -0.25) is 4.79 Å². The van der Waals surface area contributed by atoms with Crippen molar-refractivity contribution in [3.05, 3.63) is 41.7 Å². The molecule has 7 heteroatoms. The van der Waals surface area contributed by atoms with Crippen LogP contribution in [-0.2, 0) is 17.6 Å². The molecule has 0 aliphatic carbocycles. The van der Waals surface area contributed by atoms with Crippen LogP contribution in [0.1, 0.15) is 11.4 Å². The molecule has 1 heterocycles. The van der Waals surface area contributed by atoms with Crippen molar-refractivity contribution in [2.24, 2.45) is 0 Å². The number of aliphatic carboxylic acids is 1. The number of hydrogen-bond acceptors (Lipinski definition) is 5. The van der Waals surface area contributed by atoms with Gasteiger partial charge < -0.3 is 10.9 Å². The molecule has 0 fully saturated rings. The third kappa shape index (κ3) is 3.72. The molecule has 19 heavy (non-hydrogen) atoms. The molecule has 0 amide bonds. The van der Waals surface area contributed by atoms with Gasteiger partial charge in [-0.15, -0.1) is 10.2 Å². The maximum Gasteiger partial charge on any atom is 0.313 e. The highest BCUT2D eigenvalue weighted by Gasteiger charge is 2.11. The number of carboxylic acid groups (broad SMARTS) is 1. The molecule has 1 aromatic carbocycles. The van der Waals surface area contributed by atoms with Crippen LogP contribution in [0.4, 0.5) is 0 Å². The van der Waals surface area contributed by atoms with E-state index in [1.807, 2.05) is 30.3 Å². The van der Waals surface area contributed by atoms with E-state index in [1.54, 1.807) is 0 Å². The van der Waals surface area contributed by atoms with Gasteiger partial charge in [0.25, 0.3) is 0 Å². The fourth-order valence-corrected chi connectivity index (χ4v) is 2.20. The van der Waals surface area contributed by atoms with E-state index in [9.17, 15) is 4.79 Å². The third-order valence-electron chi connectivity index (χ3n) is 2.54. The van der Waals surface area contributed by atoms with Crippen LogP contribution in [0.2, 0.25) is 0 Å². The molecule has 0 atom stereocenters. The number of carbonyl (C=O) groups is 1. The van der Waals surface area contributed by atoms with E-state index in [-0.39, 0.29) is 5.75 Å². The number of nitrogen functional groups attached to an aromatic ring is 1. The van der Waals surface area contributed by atoms with Crippen LogP contribution in [0.15, 0.2) is 35.5 Å². The average Bonchev–Trinajstić information content (AvgIpc) is 2.76. The van der Waals surface area contributed by atoms with Crippen molar-refractivity contribution in [1.29, 1.82) is 0 Å². The molecule has 2 rings (SSSR count). The first-order chi connectivity index (χ1) is 9.16. The van der Waals surface area contributed by atoms with Crippen LogP contribution in [-0.4, -0.2) is 31.7 Å². The van der Waals surface area contributed by atoms with Crippen molar-refractivity contribution in [3.63, 3.8) is 0 Å². The molecule has 1 aromatic heterocycles. The van der Waals surface area contributed by atoms with E-state index < -0.39 is 5.97 Å². The first-order valence-electron chi connectivity index (χ1n) is 5.74. The second-order valence-corrected chi connectivity index (χ2v) is 4.88. The third-order valence-corrected chi connectivity index (χ3v) is 3.47. The van der Waals surface area contributed by atoms with Crippen LogP contribution in [0.5, 0.6) is 0 Å². The molecule has 0 aliphatic rings. The van der Waals surface area contributed by atoms with Gasteiger partial charge in [-0.05, 0) is 12.0 Å². The van der Waals surface area contributed by atoms with E-state index in [1.165, 1.54) is 10.2 Å². The zero-order chi connectivity index (χ0) is 13.7. The molecule has 3 N–H and O–H groups in total. The monoisotopic (exact) mass is 278 g/mol. The van der Waals surface area contributed by atoms with E-state index in [2.05, 4.69) is 10.2 Å². The summed E-state index contributed by atoms with van der Waals surface area (Å²) in [6, 6.07) is 10.0. The smallest absolute Gasteiger partial charge is 0.313 e. The van der Waals surface area contributed by atoms with Crippen molar-refractivity contribution in [1.82, 2.24) is 14.9 Å². The number of benzene rings is 1. The quantitative estimate of drug-likeness (QED) is 0.603. The Morgan fingerprint density at radius 2 is 2.00 bits per heavy atom. The van der Waals surface area contributed by atoms with Crippen molar-refractivity contribution in [2.45, 2.75) is 18.0 Å². The Morgan fingerprint density at radius 1 is 1.26 bits per heavy atom. The summed E-state index contributed by atoms with van der Waals surface area (Å²) in [5.41, 5.74) is 1.20. The predicted molar refractivity (Wildman–Crippen MR) is 72.4 cm³/mol. The zero-order valence-electron chi connectivity index (χ0n) is 10.2. The van der Waals surface area contributed by atoms with Gasteiger partial charge in [0.1, 0.15) is 0 Å². The molecular formula is C12H14N4O2S. The lowest BCUT2D eigenvalue weighted by Crippen LogP contribution is -2.15. The molecule has 0 aliphatic heterocycles. The van der Waals surface area contributed by atoms with Crippen molar-refractivity contribution >= 4 is 17.7 Å². The summed E-state index contributed by atoms with van der Waals surface area (Å²) in [4.78, 5) is 10.5. The molecular weight excluding hydrogens is 264 g/mol. The minimum atomic E-state index is -0.904. The highest BCUT2D eigenvalue weighted by Crippen LogP contribution is 2.15. The van der Waals surface area contributed by atoms with Crippen LogP contribution < -0.4 is 5.84 Å². The SMILES string of the molecule is Nn1c(CCc2ccccc2)nnc1SCC(=O)O. The molecule has 0 radical (unpaired) electrons. The molecule has 2 aromatic rings. The Hall–Kier alpha value is -2.02. The Bertz CT molecular complexity index is 556. The van der Waals surface area contributed by atoms with Gasteiger partial charge >= 0.3 is 5.97 Å². The maximum atomic E-state index is 10.5. The minimum absolute atomic E-state index is 0.0754. The average molecular weight is 278 g/mol. The van der Waals surface area contributed by atoms with Gasteiger partial charge in [0.2, 0.25) is 5.16 Å². The number of rotatable bonds is 6. The summed E-state index contributed by atoms with van der Waals surface area (Å²) >= 11 is 1.06. The Balaban J connectivity index is 1.96. The van der Waals surface area contributed by atoms with Gasteiger partial charge in [-0.2, -0.15) is 0 Å². The van der Waals surface area contributed by atoms with Gasteiger partial charge in [0.05, 0.1) is 5.75 Å². The molecule has 6 nitrogen and oxygen atoms in total. The number of aryl methyl sites for hydroxylation is 2. The predicted octanol–water partition coefficient (Wildman–Crippen LogP) is 0.954. The minimum Gasteiger partial charge on any atom is -0.481 e. The van der Waals surface area contributed by atoms with Crippen LogP contribution in [0, 0.1) is 0 Å². The van der Waals surface area contributed by atoms with Crippen molar-refractivity contribution in [2.75, 3.05) is 11.6 Å². The molecule has 0 saturated heterocycles. The van der Waals surface area contributed by atoms with E-state index in [4.69, 9.17) is 10.9 Å². The lowest BCUT2D eigenvalue weighted by molar-refractivity contribution is -0.133. The van der Waals surface area contributed by atoms with Gasteiger partial charge in [0.15, 0.2) is 5.82 Å². The number of carboxylic acids is 1. The highest BCUT2D eigenvalue weighted by atomic mass is 32.2. The Morgan fingerprint density at radius 3 is 2.68 bits per heavy atom. The number of nitrogens with zero attached hydrogens (tertiary/aromatic N) is 3. The Labute approximate surface area is 114 Å². The molecule has 0 saturated carbocycles. The fraction of sp³-hybridized carbons (Fsp3) is 0.250. The largest absolute Gasteiger partial charge is 0.481 e. The summed E-state index contributed by atoms with van der Waals surface area (Å²) in [6.07, 6.45) is 1.49. The second kappa shape index (κ2) is 6.24. The number of hydrogen-bond donors (Lipinski definition) is 2.